The number of carboxylic acids is 1. The molecule has 448 valence electrons. The molecule has 0 spiro atoms. The molecule has 0 rings (SSSR count). The Morgan fingerprint density at radius 2 is 0.740 bits per heavy atom. The number of hydrogen-bond donors (Lipinski definition) is 1. The van der Waals surface area contributed by atoms with Gasteiger partial charge in [-0.05, 0) is 57.8 Å². The Bertz CT molecular complexity index is 1450. The third-order valence-corrected chi connectivity index (χ3v) is 14.3. The number of carbonyl (C=O) groups excluding carboxylic acids is 2. The largest absolute Gasteiger partial charge is 0.477 e. The summed E-state index contributed by atoms with van der Waals surface area (Å²) in [5.41, 5.74) is 0. The summed E-state index contributed by atoms with van der Waals surface area (Å²) in [5.74, 6) is -1.99. The van der Waals surface area contributed by atoms with Crippen molar-refractivity contribution in [2.24, 2.45) is 0 Å². The van der Waals surface area contributed by atoms with Crippen LogP contribution in [0.1, 0.15) is 296 Å². The number of rotatable bonds is 60. The molecule has 0 heterocycles. The molecule has 0 amide bonds. The van der Waals surface area contributed by atoms with E-state index in [1.165, 1.54) is 199 Å². The molecule has 0 aromatic rings. The van der Waals surface area contributed by atoms with E-state index in [-0.39, 0.29) is 38.2 Å². The van der Waals surface area contributed by atoms with Crippen LogP contribution in [0.4, 0.5) is 0 Å². The number of quaternary nitrogens is 1. The molecular weight excluding hydrogens is 959 g/mol. The highest BCUT2D eigenvalue weighted by atomic mass is 16.7. The van der Waals surface area contributed by atoms with Crippen molar-refractivity contribution in [1.82, 2.24) is 0 Å². The molecule has 0 radical (unpaired) electrons. The van der Waals surface area contributed by atoms with Gasteiger partial charge in [0.25, 0.3) is 6.29 Å². The minimum absolute atomic E-state index is 0.177. The monoisotopic (exact) mass is 1080 g/mol. The first kappa shape index (κ1) is 74.0. The van der Waals surface area contributed by atoms with Gasteiger partial charge in [-0.2, -0.15) is 0 Å². The van der Waals surface area contributed by atoms with Crippen molar-refractivity contribution in [3.05, 3.63) is 60.8 Å². The fourth-order valence-electron chi connectivity index (χ4n) is 9.34. The summed E-state index contributed by atoms with van der Waals surface area (Å²) in [6, 6.07) is 0. The zero-order chi connectivity index (χ0) is 56.2. The van der Waals surface area contributed by atoms with Crippen molar-refractivity contribution in [3.63, 3.8) is 0 Å². The highest BCUT2D eigenvalue weighted by Gasteiger charge is 2.25. The number of nitrogens with zero attached hydrogens (tertiary/aromatic N) is 1. The predicted molar refractivity (Wildman–Crippen MR) is 327 cm³/mol. The highest BCUT2D eigenvalue weighted by molar-refractivity contribution is 5.71. The first-order valence-electron chi connectivity index (χ1n) is 32.5. The van der Waals surface area contributed by atoms with Crippen LogP contribution in [0, 0.1) is 0 Å². The standard InChI is InChI=1S/C68H123NO8/c1-6-8-10-12-14-16-18-19-20-21-22-23-24-25-26-27-28-29-30-31-32-33-34-35-36-37-38-39-40-41-42-43-44-45-46-47-49-51-53-55-57-59-66(71)77-64(63-76-68(67(72)73)74-61-60-69(3,4)5)62-75-65(70)58-56-54-52-50-48-17-15-13-11-9-7-2/h8,10,14,16,19-20,22-23,25-26,64,68H,6-7,9,11-13,15,17-18,21,24,27-63H2,1-5H3/p+1/b10-8-,16-14-,20-19-,23-22-,26-25-. The molecule has 0 saturated carbocycles. The van der Waals surface area contributed by atoms with Crippen molar-refractivity contribution in [1.29, 1.82) is 0 Å². The lowest BCUT2D eigenvalue weighted by molar-refractivity contribution is -0.870. The third-order valence-electron chi connectivity index (χ3n) is 14.3. The minimum Gasteiger partial charge on any atom is -0.477 e. The van der Waals surface area contributed by atoms with E-state index in [1.807, 2.05) is 21.1 Å². The van der Waals surface area contributed by atoms with Gasteiger partial charge in [-0.15, -0.1) is 0 Å². The summed E-state index contributed by atoms with van der Waals surface area (Å²) in [6.07, 6.45) is 73.5. The number of hydrogen-bond acceptors (Lipinski definition) is 7. The Balaban J connectivity index is 3.88. The summed E-state index contributed by atoms with van der Waals surface area (Å²) in [6.45, 7) is 4.78. The topological polar surface area (TPSA) is 108 Å². The van der Waals surface area contributed by atoms with Crippen LogP contribution in [0.15, 0.2) is 60.8 Å². The number of carbonyl (C=O) groups is 3. The fraction of sp³-hybridized carbons (Fsp3) is 0.809. The molecule has 0 bridgehead atoms. The molecule has 0 aliphatic carbocycles. The second-order valence-corrected chi connectivity index (χ2v) is 23.1. The van der Waals surface area contributed by atoms with E-state index in [2.05, 4.69) is 74.6 Å². The molecular formula is C68H124NO8+. The third kappa shape index (κ3) is 60.5. The average Bonchev–Trinajstić information content (AvgIpc) is 3.40. The molecule has 2 unspecified atom stereocenters. The molecule has 0 saturated heterocycles. The molecule has 77 heavy (non-hydrogen) atoms. The van der Waals surface area contributed by atoms with E-state index in [4.69, 9.17) is 18.9 Å². The summed E-state index contributed by atoms with van der Waals surface area (Å²) in [4.78, 5) is 37.3. The number of allylic oxidation sites excluding steroid dienone is 10. The van der Waals surface area contributed by atoms with E-state index in [0.29, 0.717) is 17.4 Å². The predicted octanol–water partition coefficient (Wildman–Crippen LogP) is 19.6. The number of esters is 2. The SMILES string of the molecule is CC/C=C\C/C=C\C/C=C\C/C=C\C/C=C\CCCCCCCCCCCCCCCCCCCCCCCCCCCC(=O)OC(COC(=O)CCCCCCCCCCCCC)COC(OCC[N+](C)(C)C)C(=O)O. The van der Waals surface area contributed by atoms with Gasteiger partial charge in [0.1, 0.15) is 13.2 Å². The van der Waals surface area contributed by atoms with Crippen LogP contribution in [0.5, 0.6) is 0 Å². The molecule has 0 fully saturated rings. The fourth-order valence-corrected chi connectivity index (χ4v) is 9.34. The smallest absolute Gasteiger partial charge is 0.361 e. The number of unbranched alkanes of at least 4 members (excludes halogenated alkanes) is 35. The Kier molecular flexibility index (Phi) is 56.8. The lowest BCUT2D eigenvalue weighted by Crippen LogP contribution is -2.40. The number of carboxylic acid groups (broad SMARTS) is 1. The maximum atomic E-state index is 12.9. The van der Waals surface area contributed by atoms with Crippen LogP contribution in [-0.4, -0.2) is 87.4 Å². The van der Waals surface area contributed by atoms with Gasteiger partial charge >= 0.3 is 17.9 Å². The minimum atomic E-state index is -1.51. The van der Waals surface area contributed by atoms with E-state index in [0.717, 1.165) is 70.6 Å². The molecule has 0 aliphatic heterocycles. The molecule has 2 atom stereocenters. The molecule has 0 aliphatic rings. The highest BCUT2D eigenvalue weighted by Crippen LogP contribution is 2.18. The normalized spacial score (nSPS) is 13.1. The maximum absolute atomic E-state index is 12.9. The lowest BCUT2D eigenvalue weighted by atomic mass is 10.0. The molecule has 9 heteroatoms. The van der Waals surface area contributed by atoms with Crippen LogP contribution in [-0.2, 0) is 33.3 Å². The summed E-state index contributed by atoms with van der Waals surface area (Å²) in [7, 11) is 5.97. The Morgan fingerprint density at radius 1 is 0.403 bits per heavy atom. The van der Waals surface area contributed by atoms with E-state index < -0.39 is 18.4 Å². The van der Waals surface area contributed by atoms with Crippen molar-refractivity contribution in [2.45, 2.75) is 309 Å². The van der Waals surface area contributed by atoms with Gasteiger partial charge in [-0.25, -0.2) is 4.79 Å². The zero-order valence-electron chi connectivity index (χ0n) is 51.1. The van der Waals surface area contributed by atoms with Gasteiger partial charge in [0, 0.05) is 12.8 Å². The van der Waals surface area contributed by atoms with E-state index in [9.17, 15) is 19.5 Å². The molecule has 0 aromatic carbocycles. The Hall–Kier alpha value is -3.01. The van der Waals surface area contributed by atoms with E-state index >= 15 is 0 Å². The van der Waals surface area contributed by atoms with Gasteiger partial charge in [-0.1, -0.05) is 286 Å². The van der Waals surface area contributed by atoms with Crippen molar-refractivity contribution >= 4 is 17.9 Å². The lowest BCUT2D eigenvalue weighted by Gasteiger charge is -2.25. The van der Waals surface area contributed by atoms with Gasteiger partial charge in [-0.3, -0.25) is 9.59 Å². The van der Waals surface area contributed by atoms with Crippen LogP contribution in [0.3, 0.4) is 0 Å². The van der Waals surface area contributed by atoms with Gasteiger partial charge in [0.15, 0.2) is 6.10 Å². The van der Waals surface area contributed by atoms with Crippen molar-refractivity contribution in [2.75, 3.05) is 47.5 Å². The summed E-state index contributed by atoms with van der Waals surface area (Å²) >= 11 is 0. The van der Waals surface area contributed by atoms with Crippen LogP contribution in [0.25, 0.3) is 0 Å². The van der Waals surface area contributed by atoms with Crippen molar-refractivity contribution < 1.29 is 42.9 Å². The molecule has 1 N–H and O–H groups in total. The number of aliphatic carboxylic acids is 1. The first-order chi connectivity index (χ1) is 37.6. The van der Waals surface area contributed by atoms with Crippen LogP contribution >= 0.6 is 0 Å². The van der Waals surface area contributed by atoms with Gasteiger partial charge in [0.05, 0.1) is 34.4 Å². The van der Waals surface area contributed by atoms with Crippen LogP contribution in [0.2, 0.25) is 0 Å². The Morgan fingerprint density at radius 3 is 1.10 bits per heavy atom. The van der Waals surface area contributed by atoms with Gasteiger partial charge < -0.3 is 28.5 Å². The summed E-state index contributed by atoms with van der Waals surface area (Å²) < 4.78 is 22.9. The number of ether oxygens (including phenoxy) is 4. The Labute approximate surface area is 475 Å². The van der Waals surface area contributed by atoms with Crippen LogP contribution < -0.4 is 0 Å². The quantitative estimate of drug-likeness (QED) is 0.0211. The van der Waals surface area contributed by atoms with E-state index in [1.54, 1.807) is 0 Å². The summed E-state index contributed by atoms with van der Waals surface area (Å²) in [5, 5.41) is 9.69. The van der Waals surface area contributed by atoms with Crippen molar-refractivity contribution in [3.8, 4) is 0 Å². The maximum Gasteiger partial charge on any atom is 0.361 e. The number of likely N-dealkylation sites (N-methyl/N-ethyl adjacent to an activating group) is 1. The molecule has 9 nitrogen and oxygen atoms in total. The second-order valence-electron chi connectivity index (χ2n) is 23.1. The second kappa shape index (κ2) is 59.1. The first-order valence-corrected chi connectivity index (χ1v) is 32.5. The average molecular weight is 1080 g/mol. The molecule has 0 aromatic heterocycles. The van der Waals surface area contributed by atoms with Gasteiger partial charge in [0.2, 0.25) is 0 Å². The zero-order valence-corrected chi connectivity index (χ0v) is 51.1.